The molecule has 0 N–H and O–H groups in total. The van der Waals surface area contributed by atoms with Crippen LogP contribution in [0.3, 0.4) is 0 Å². The first-order valence-corrected chi connectivity index (χ1v) is 22.5. The Morgan fingerprint density at radius 1 is 0.385 bits per heavy atom. The quantitative estimate of drug-likeness (QED) is 0.166. The minimum Gasteiger partial charge on any atom is -0.455 e. The van der Waals surface area contributed by atoms with E-state index in [1.165, 1.54) is 116 Å². The number of hydrogen-bond acceptors (Lipinski definition) is 2. The van der Waals surface area contributed by atoms with Crippen molar-refractivity contribution >= 4 is 117 Å². The second-order valence-electron chi connectivity index (χ2n) is 17.9. The van der Waals surface area contributed by atoms with Gasteiger partial charge >= 0.3 is 6.85 Å². The average Bonchev–Trinajstić information content (AvgIpc) is 4.11. The first-order valence-electron chi connectivity index (χ1n) is 22.5. The molecule has 16 rings (SSSR count). The molecule has 298 valence electrons. The van der Waals surface area contributed by atoms with Crippen LogP contribution in [0, 0.1) is 0 Å². The molecule has 0 atom stereocenters. The Morgan fingerprint density at radius 3 is 1.69 bits per heavy atom. The van der Waals surface area contributed by atoms with Gasteiger partial charge in [-0.3, -0.25) is 0 Å². The lowest BCUT2D eigenvalue weighted by atomic mass is 9.44. The first kappa shape index (κ1) is 34.0. The number of benzene rings is 10. The topological polar surface area (TPSA) is 25.7 Å². The van der Waals surface area contributed by atoms with Crippen molar-refractivity contribution in [3.8, 4) is 33.4 Å². The molecule has 0 aliphatic carbocycles. The molecular weight excluding hydrogens is 789 g/mol. The Balaban J connectivity index is 1.17. The predicted molar refractivity (Wildman–Crippen MR) is 273 cm³/mol. The molecule has 0 spiro atoms. The highest BCUT2D eigenvalue weighted by molar-refractivity contribution is 6.92. The molecule has 0 bridgehead atoms. The van der Waals surface area contributed by atoms with E-state index in [0.29, 0.717) is 0 Å². The summed E-state index contributed by atoms with van der Waals surface area (Å²) in [6, 6.07) is 76.4. The summed E-state index contributed by atoms with van der Waals surface area (Å²) in [6.07, 6.45) is 0. The number of hydrogen-bond donors (Lipinski definition) is 0. The standard InChI is InChI=1S/C60H34BN3O/c1-3-16-35(17-4-1)37-30-38(36-18-5-2-6-19-36)32-39(31-37)62-51-33-46-41-21-7-11-26-48(41)63-49-27-12-9-23-44(49)54(59(46)63)56(51)61-57-52(62)34-47-42-22-10-14-29-53(42)65-60(47)55(57)45-25-15-24-43-40-20-8-13-28-50(40)64(61)58(43)45/h1-34H. The number of furan rings is 1. The Morgan fingerprint density at radius 2 is 0.954 bits per heavy atom. The van der Waals surface area contributed by atoms with Crippen LogP contribution in [0.5, 0.6) is 0 Å². The molecule has 2 aliphatic rings. The fourth-order valence-electron chi connectivity index (χ4n) is 12.2. The third-order valence-electron chi connectivity index (χ3n) is 14.8. The lowest BCUT2D eigenvalue weighted by molar-refractivity contribution is 0.670. The van der Waals surface area contributed by atoms with Gasteiger partial charge in [-0.1, -0.05) is 152 Å². The molecular formula is C60H34BN3O. The molecule has 4 aromatic heterocycles. The normalized spacial score (nSPS) is 13.2. The highest BCUT2D eigenvalue weighted by Crippen LogP contribution is 2.52. The average molecular weight is 824 g/mol. The third kappa shape index (κ3) is 4.24. The molecule has 14 aromatic rings. The molecule has 2 aliphatic heterocycles. The van der Waals surface area contributed by atoms with E-state index in [1.54, 1.807) is 0 Å². The van der Waals surface area contributed by atoms with Crippen LogP contribution in [0.25, 0.3) is 115 Å². The van der Waals surface area contributed by atoms with E-state index in [9.17, 15) is 0 Å². The number of nitrogens with zero attached hydrogens (tertiary/aromatic N) is 3. The maximum atomic E-state index is 7.13. The maximum Gasteiger partial charge on any atom is 0.333 e. The van der Waals surface area contributed by atoms with Crippen LogP contribution in [-0.2, 0) is 0 Å². The fourth-order valence-corrected chi connectivity index (χ4v) is 12.2. The third-order valence-corrected chi connectivity index (χ3v) is 14.8. The van der Waals surface area contributed by atoms with E-state index >= 15 is 0 Å². The summed E-state index contributed by atoms with van der Waals surface area (Å²) in [6.45, 7) is -0.177. The van der Waals surface area contributed by atoms with E-state index in [1.807, 2.05) is 0 Å². The summed E-state index contributed by atoms with van der Waals surface area (Å²) in [4.78, 5) is 2.62. The number of rotatable bonds is 3. The van der Waals surface area contributed by atoms with Gasteiger partial charge in [0.1, 0.15) is 11.2 Å². The van der Waals surface area contributed by atoms with Crippen molar-refractivity contribution in [1.82, 2.24) is 8.88 Å². The van der Waals surface area contributed by atoms with Crippen molar-refractivity contribution in [2.45, 2.75) is 0 Å². The van der Waals surface area contributed by atoms with Crippen molar-refractivity contribution in [3.05, 3.63) is 206 Å². The van der Waals surface area contributed by atoms with E-state index in [-0.39, 0.29) is 6.85 Å². The van der Waals surface area contributed by atoms with Gasteiger partial charge in [0, 0.05) is 82.3 Å². The predicted octanol–water partition coefficient (Wildman–Crippen LogP) is 14.6. The summed E-state index contributed by atoms with van der Waals surface area (Å²) >= 11 is 0. The largest absolute Gasteiger partial charge is 0.455 e. The Labute approximate surface area is 372 Å². The minimum atomic E-state index is -0.177. The zero-order valence-electron chi connectivity index (χ0n) is 35.0. The molecule has 0 radical (unpaired) electrons. The van der Waals surface area contributed by atoms with Crippen LogP contribution < -0.4 is 15.8 Å². The summed E-state index contributed by atoms with van der Waals surface area (Å²) in [5, 5.41) is 9.85. The Kier molecular flexibility index (Phi) is 6.35. The monoisotopic (exact) mass is 823 g/mol. The van der Waals surface area contributed by atoms with Crippen LogP contribution in [0.15, 0.2) is 211 Å². The molecule has 0 unspecified atom stereocenters. The molecule has 0 amide bonds. The van der Waals surface area contributed by atoms with Crippen LogP contribution in [0.4, 0.5) is 17.1 Å². The molecule has 4 nitrogen and oxygen atoms in total. The smallest absolute Gasteiger partial charge is 0.333 e. The summed E-state index contributed by atoms with van der Waals surface area (Å²) in [5.74, 6) is 0. The van der Waals surface area contributed by atoms with E-state index < -0.39 is 0 Å². The number of para-hydroxylation sites is 5. The van der Waals surface area contributed by atoms with E-state index in [4.69, 9.17) is 4.42 Å². The summed E-state index contributed by atoms with van der Waals surface area (Å²) in [5.41, 5.74) is 21.2. The van der Waals surface area contributed by atoms with Crippen molar-refractivity contribution in [2.75, 3.05) is 4.90 Å². The molecule has 10 aromatic carbocycles. The van der Waals surface area contributed by atoms with Gasteiger partial charge in [0.05, 0.1) is 16.6 Å². The van der Waals surface area contributed by atoms with Gasteiger partial charge in [-0.15, -0.1) is 0 Å². The molecule has 0 fully saturated rings. The highest BCUT2D eigenvalue weighted by atomic mass is 16.3. The van der Waals surface area contributed by atoms with Crippen molar-refractivity contribution in [2.24, 2.45) is 0 Å². The van der Waals surface area contributed by atoms with Gasteiger partial charge in [0.15, 0.2) is 0 Å². The molecule has 5 heteroatoms. The Hall–Kier alpha value is -8.54. The van der Waals surface area contributed by atoms with Gasteiger partial charge in [0.25, 0.3) is 0 Å². The first-order chi connectivity index (χ1) is 32.3. The lowest BCUT2D eigenvalue weighted by Crippen LogP contribution is -2.57. The number of anilines is 3. The summed E-state index contributed by atoms with van der Waals surface area (Å²) in [7, 11) is 0. The highest BCUT2D eigenvalue weighted by Gasteiger charge is 2.46. The maximum absolute atomic E-state index is 7.13. The fraction of sp³-hybridized carbons (Fsp3) is 0. The minimum absolute atomic E-state index is 0.177. The zero-order valence-corrected chi connectivity index (χ0v) is 35.0. The van der Waals surface area contributed by atoms with Crippen LogP contribution in [-0.4, -0.2) is 15.7 Å². The molecule has 0 saturated heterocycles. The van der Waals surface area contributed by atoms with Crippen molar-refractivity contribution in [1.29, 1.82) is 0 Å². The van der Waals surface area contributed by atoms with Gasteiger partial charge in [-0.2, -0.15) is 0 Å². The second-order valence-corrected chi connectivity index (χ2v) is 17.9. The van der Waals surface area contributed by atoms with Crippen LogP contribution >= 0.6 is 0 Å². The van der Waals surface area contributed by atoms with Crippen molar-refractivity contribution < 1.29 is 4.42 Å². The zero-order chi connectivity index (χ0) is 42.1. The second kappa shape index (κ2) is 12.1. The number of aromatic nitrogens is 2. The van der Waals surface area contributed by atoms with Crippen LogP contribution in [0.1, 0.15) is 0 Å². The van der Waals surface area contributed by atoms with Gasteiger partial charge in [-0.25, -0.2) is 0 Å². The van der Waals surface area contributed by atoms with Crippen molar-refractivity contribution in [3.63, 3.8) is 0 Å². The van der Waals surface area contributed by atoms with Crippen LogP contribution in [0.2, 0.25) is 0 Å². The molecule has 6 heterocycles. The molecule has 0 saturated carbocycles. The van der Waals surface area contributed by atoms with Gasteiger partial charge in [0.2, 0.25) is 0 Å². The lowest BCUT2D eigenvalue weighted by Gasteiger charge is -2.41. The summed E-state index contributed by atoms with van der Waals surface area (Å²) < 4.78 is 12.3. The van der Waals surface area contributed by atoms with Gasteiger partial charge < -0.3 is 18.2 Å². The van der Waals surface area contributed by atoms with Gasteiger partial charge in [-0.05, 0) is 87.8 Å². The molecule has 65 heavy (non-hydrogen) atoms. The Bertz CT molecular complexity index is 4310. The van der Waals surface area contributed by atoms with E-state index in [0.717, 1.165) is 27.6 Å². The van der Waals surface area contributed by atoms with E-state index in [2.05, 4.69) is 220 Å². The number of fused-ring (bicyclic) bond motifs is 18. The SMILES string of the molecule is c1ccc(-c2cc(-c3ccccc3)cc(N3c4cc5c(oc6ccccc65)c5c4B(c4c3cc3c6ccccc6n6c7ccccc7c4c36)n3c4ccccc4c4cccc-5c43)c2)cc1.